The second kappa shape index (κ2) is 6.58. The van der Waals surface area contributed by atoms with Crippen LogP contribution in [0.15, 0.2) is 12.1 Å². The quantitative estimate of drug-likeness (QED) is 0.827. The van der Waals surface area contributed by atoms with E-state index in [1.54, 1.807) is 0 Å². The topological polar surface area (TPSA) is 15.3 Å². The van der Waals surface area contributed by atoms with E-state index in [-0.39, 0.29) is 5.54 Å². The van der Waals surface area contributed by atoms with Crippen LogP contribution >= 0.6 is 11.6 Å². The Bertz CT molecular complexity index is 496. The van der Waals surface area contributed by atoms with Crippen LogP contribution in [0.25, 0.3) is 0 Å². The molecule has 1 heterocycles. The summed E-state index contributed by atoms with van der Waals surface area (Å²) in [5.41, 5.74) is 4.21. The van der Waals surface area contributed by atoms with Crippen molar-refractivity contribution in [3.63, 3.8) is 0 Å². The van der Waals surface area contributed by atoms with Crippen LogP contribution in [-0.2, 0) is 6.54 Å². The predicted molar refractivity (Wildman–Crippen MR) is 93.6 cm³/mol. The normalized spacial score (nSPS) is 20.5. The van der Waals surface area contributed by atoms with Gasteiger partial charge < -0.3 is 10.2 Å². The third-order valence-corrected chi connectivity index (χ3v) is 5.01. The fraction of sp³-hybridized carbons (Fsp3) is 0.667. The van der Waals surface area contributed by atoms with Crippen LogP contribution in [0.3, 0.4) is 0 Å². The minimum Gasteiger partial charge on any atom is -0.366 e. The number of nitrogens with zero attached hydrogens (tertiary/aromatic N) is 1. The highest BCUT2D eigenvalue weighted by Gasteiger charge is 2.36. The van der Waals surface area contributed by atoms with Gasteiger partial charge in [-0.1, -0.05) is 37.9 Å². The number of benzene rings is 1. The van der Waals surface area contributed by atoms with Gasteiger partial charge in [0.25, 0.3) is 0 Å². The van der Waals surface area contributed by atoms with Crippen LogP contribution in [0.2, 0.25) is 5.02 Å². The van der Waals surface area contributed by atoms with Crippen molar-refractivity contribution < 1.29 is 0 Å². The van der Waals surface area contributed by atoms with Crippen molar-refractivity contribution >= 4 is 17.3 Å². The van der Waals surface area contributed by atoms with E-state index < -0.39 is 0 Å². The summed E-state index contributed by atoms with van der Waals surface area (Å²) in [6, 6.07) is 4.50. The Kier molecular flexibility index (Phi) is 5.21. The monoisotopic (exact) mass is 308 g/mol. The fourth-order valence-corrected chi connectivity index (χ4v) is 3.84. The third-order valence-electron chi connectivity index (χ3n) is 4.66. The van der Waals surface area contributed by atoms with E-state index in [0.717, 1.165) is 18.1 Å². The summed E-state index contributed by atoms with van der Waals surface area (Å²) >= 11 is 6.51. The molecule has 0 spiro atoms. The number of hydrogen-bond donors (Lipinski definition) is 1. The molecule has 0 fully saturated rings. The lowest BCUT2D eigenvalue weighted by molar-refractivity contribution is 0.373. The van der Waals surface area contributed by atoms with Gasteiger partial charge in [-0.2, -0.15) is 0 Å². The van der Waals surface area contributed by atoms with Crippen LogP contribution < -0.4 is 10.2 Å². The highest BCUT2D eigenvalue weighted by molar-refractivity contribution is 6.31. The SMILES string of the molecule is CCCCN1c2cc(Cl)c(CNC)cc2[C@H](C)CC1(C)C. The Morgan fingerprint density at radius 3 is 2.71 bits per heavy atom. The van der Waals surface area contributed by atoms with Crippen LogP contribution in [0.1, 0.15) is 64.0 Å². The van der Waals surface area contributed by atoms with Gasteiger partial charge in [0.05, 0.1) is 0 Å². The number of nitrogens with one attached hydrogen (secondary N) is 1. The lowest BCUT2D eigenvalue weighted by Crippen LogP contribution is -2.48. The highest BCUT2D eigenvalue weighted by Crippen LogP contribution is 2.45. The molecule has 2 rings (SSSR count). The number of halogens is 1. The number of anilines is 1. The van der Waals surface area contributed by atoms with Crippen molar-refractivity contribution in [2.75, 3.05) is 18.5 Å². The van der Waals surface area contributed by atoms with Crippen LogP contribution in [0.4, 0.5) is 5.69 Å². The molecule has 0 aliphatic carbocycles. The van der Waals surface area contributed by atoms with Crippen LogP contribution in [-0.4, -0.2) is 19.1 Å². The summed E-state index contributed by atoms with van der Waals surface area (Å²) in [6.07, 6.45) is 3.65. The smallest absolute Gasteiger partial charge is 0.0471 e. The Hall–Kier alpha value is -0.730. The number of unbranched alkanes of at least 4 members (excludes halogenated alkanes) is 1. The molecule has 3 heteroatoms. The van der Waals surface area contributed by atoms with Gasteiger partial charge in [-0.25, -0.2) is 0 Å². The molecule has 1 aliphatic heterocycles. The minimum absolute atomic E-state index is 0.204. The molecule has 118 valence electrons. The predicted octanol–water partition coefficient (Wildman–Crippen LogP) is 4.95. The van der Waals surface area contributed by atoms with Crippen molar-refractivity contribution in [1.29, 1.82) is 0 Å². The number of hydrogen-bond acceptors (Lipinski definition) is 2. The summed E-state index contributed by atoms with van der Waals surface area (Å²) in [6.45, 7) is 11.3. The van der Waals surface area contributed by atoms with Crippen LogP contribution in [0.5, 0.6) is 0 Å². The summed E-state index contributed by atoms with van der Waals surface area (Å²) in [5.74, 6) is 0.584. The fourth-order valence-electron chi connectivity index (χ4n) is 3.62. The van der Waals surface area contributed by atoms with E-state index in [1.165, 1.54) is 36.1 Å². The first-order chi connectivity index (χ1) is 9.90. The number of rotatable bonds is 5. The second-order valence-electron chi connectivity index (χ2n) is 6.96. The maximum absolute atomic E-state index is 6.51. The van der Waals surface area contributed by atoms with Crippen molar-refractivity contribution in [2.45, 2.75) is 65.0 Å². The molecule has 21 heavy (non-hydrogen) atoms. The Labute approximate surface area is 134 Å². The summed E-state index contributed by atoms with van der Waals surface area (Å²) in [7, 11) is 1.97. The van der Waals surface area contributed by atoms with Gasteiger partial charge in [0.2, 0.25) is 0 Å². The largest absolute Gasteiger partial charge is 0.366 e. The molecule has 1 aromatic carbocycles. The first kappa shape index (κ1) is 16.6. The summed E-state index contributed by atoms with van der Waals surface area (Å²) < 4.78 is 0. The molecular weight excluding hydrogens is 280 g/mol. The van der Waals surface area contributed by atoms with Gasteiger partial charge in [-0.05, 0) is 56.8 Å². The molecule has 1 atom stereocenters. The average molecular weight is 309 g/mol. The van der Waals surface area contributed by atoms with Gasteiger partial charge in [-0.3, -0.25) is 0 Å². The lowest BCUT2D eigenvalue weighted by atomic mass is 9.79. The molecule has 1 aliphatic rings. The van der Waals surface area contributed by atoms with Crippen molar-refractivity contribution in [3.8, 4) is 0 Å². The molecule has 0 radical (unpaired) electrons. The summed E-state index contributed by atoms with van der Waals surface area (Å²) in [4.78, 5) is 2.57. The van der Waals surface area contributed by atoms with E-state index in [9.17, 15) is 0 Å². The lowest BCUT2D eigenvalue weighted by Gasteiger charge is -2.48. The third kappa shape index (κ3) is 3.37. The van der Waals surface area contributed by atoms with Crippen molar-refractivity contribution in [2.24, 2.45) is 0 Å². The van der Waals surface area contributed by atoms with E-state index in [0.29, 0.717) is 5.92 Å². The molecule has 1 N–H and O–H groups in total. The van der Waals surface area contributed by atoms with E-state index >= 15 is 0 Å². The minimum atomic E-state index is 0.204. The van der Waals surface area contributed by atoms with Gasteiger partial charge in [0, 0.05) is 29.3 Å². The van der Waals surface area contributed by atoms with Gasteiger partial charge in [0.15, 0.2) is 0 Å². The Balaban J connectivity index is 2.46. The first-order valence-electron chi connectivity index (χ1n) is 8.15. The summed E-state index contributed by atoms with van der Waals surface area (Å²) in [5, 5.41) is 4.09. The molecule has 2 nitrogen and oxygen atoms in total. The zero-order valence-corrected chi connectivity index (χ0v) is 14.8. The molecule has 0 saturated heterocycles. The van der Waals surface area contributed by atoms with Crippen molar-refractivity contribution in [1.82, 2.24) is 5.32 Å². The number of fused-ring (bicyclic) bond motifs is 1. The molecule has 0 bridgehead atoms. The molecule has 0 aromatic heterocycles. The standard InChI is InChI=1S/C18H29ClN2/c1-6-7-8-21-17-10-16(19)14(12-20-5)9-15(17)13(2)11-18(21,3)4/h9-10,13,20H,6-8,11-12H2,1-5H3/t13-/m1/s1. The van der Waals surface area contributed by atoms with Crippen LogP contribution in [0, 0.1) is 0 Å². The Morgan fingerprint density at radius 1 is 1.38 bits per heavy atom. The van der Waals surface area contributed by atoms with E-state index in [2.05, 4.69) is 50.0 Å². The van der Waals surface area contributed by atoms with Crippen molar-refractivity contribution in [3.05, 3.63) is 28.3 Å². The maximum atomic E-state index is 6.51. The van der Waals surface area contributed by atoms with E-state index in [4.69, 9.17) is 11.6 Å². The highest BCUT2D eigenvalue weighted by atomic mass is 35.5. The molecular formula is C18H29ClN2. The molecule has 0 amide bonds. The Morgan fingerprint density at radius 2 is 2.10 bits per heavy atom. The average Bonchev–Trinajstić information content (AvgIpc) is 2.40. The zero-order chi connectivity index (χ0) is 15.6. The van der Waals surface area contributed by atoms with Gasteiger partial charge >= 0.3 is 0 Å². The first-order valence-corrected chi connectivity index (χ1v) is 8.53. The molecule has 0 saturated carbocycles. The second-order valence-corrected chi connectivity index (χ2v) is 7.36. The molecule has 0 unspecified atom stereocenters. The van der Waals surface area contributed by atoms with Gasteiger partial charge in [-0.15, -0.1) is 0 Å². The maximum Gasteiger partial charge on any atom is 0.0471 e. The van der Waals surface area contributed by atoms with E-state index in [1.807, 2.05) is 7.05 Å². The van der Waals surface area contributed by atoms with Gasteiger partial charge in [0.1, 0.15) is 0 Å². The molecule has 1 aromatic rings. The zero-order valence-electron chi connectivity index (χ0n) is 14.1.